The molecule has 0 saturated carbocycles. The van der Waals surface area contributed by atoms with E-state index in [1.54, 1.807) is 0 Å². The SMILES string of the molecule is Cc1cc(C)cc(Nc2oc(-c3ccccc3)nc2S(=O)(=O)c2ccc(Cl)cc2)c1. The molecule has 152 valence electrons. The van der Waals surface area contributed by atoms with E-state index in [1.807, 2.05) is 62.4 Å². The van der Waals surface area contributed by atoms with Gasteiger partial charge in [-0.15, -0.1) is 0 Å². The highest BCUT2D eigenvalue weighted by atomic mass is 35.5. The van der Waals surface area contributed by atoms with Gasteiger partial charge in [0.2, 0.25) is 26.6 Å². The Morgan fingerprint density at radius 3 is 2.17 bits per heavy atom. The molecule has 30 heavy (non-hydrogen) atoms. The van der Waals surface area contributed by atoms with E-state index in [-0.39, 0.29) is 21.7 Å². The third-order valence-electron chi connectivity index (χ3n) is 4.47. The fourth-order valence-corrected chi connectivity index (χ4v) is 4.56. The molecule has 0 bridgehead atoms. The summed E-state index contributed by atoms with van der Waals surface area (Å²) in [4.78, 5) is 4.43. The van der Waals surface area contributed by atoms with Crippen molar-refractivity contribution in [2.45, 2.75) is 23.8 Å². The van der Waals surface area contributed by atoms with Gasteiger partial charge in [-0.3, -0.25) is 0 Å². The molecule has 0 aliphatic heterocycles. The van der Waals surface area contributed by atoms with Crippen LogP contribution in [-0.2, 0) is 9.84 Å². The van der Waals surface area contributed by atoms with Crippen molar-refractivity contribution in [2.24, 2.45) is 0 Å². The van der Waals surface area contributed by atoms with Gasteiger partial charge in [0.05, 0.1) is 4.90 Å². The lowest BCUT2D eigenvalue weighted by Gasteiger charge is -2.08. The van der Waals surface area contributed by atoms with E-state index in [0.717, 1.165) is 16.8 Å². The molecule has 3 aromatic carbocycles. The highest BCUT2D eigenvalue weighted by molar-refractivity contribution is 7.91. The molecule has 0 fully saturated rings. The van der Waals surface area contributed by atoms with Gasteiger partial charge in [-0.2, -0.15) is 4.98 Å². The summed E-state index contributed by atoms with van der Waals surface area (Å²) in [5, 5.41) is 3.37. The van der Waals surface area contributed by atoms with Gasteiger partial charge in [-0.25, -0.2) is 8.42 Å². The van der Waals surface area contributed by atoms with Crippen molar-refractivity contribution in [1.82, 2.24) is 4.98 Å². The standard InChI is InChI=1S/C23H19ClN2O3S/c1-15-12-16(2)14-19(13-15)25-22-23(26-21(29-22)17-6-4-3-5-7-17)30(27,28)20-10-8-18(24)9-11-20/h3-14,25H,1-2H3. The van der Waals surface area contributed by atoms with Crippen molar-refractivity contribution in [3.05, 3.63) is 88.9 Å². The molecule has 7 heteroatoms. The highest BCUT2D eigenvalue weighted by Gasteiger charge is 2.28. The Bertz CT molecular complexity index is 1280. The highest BCUT2D eigenvalue weighted by Crippen LogP contribution is 2.34. The van der Waals surface area contributed by atoms with Gasteiger partial charge in [0.15, 0.2) is 0 Å². The van der Waals surface area contributed by atoms with E-state index in [2.05, 4.69) is 10.3 Å². The Balaban J connectivity index is 1.85. The number of oxazole rings is 1. The van der Waals surface area contributed by atoms with Gasteiger partial charge in [-0.05, 0) is 73.5 Å². The summed E-state index contributed by atoms with van der Waals surface area (Å²) in [6, 6.07) is 21.0. The van der Waals surface area contributed by atoms with Gasteiger partial charge < -0.3 is 9.73 Å². The molecule has 4 rings (SSSR count). The number of benzene rings is 3. The smallest absolute Gasteiger partial charge is 0.238 e. The maximum atomic E-state index is 13.3. The van der Waals surface area contributed by atoms with E-state index in [0.29, 0.717) is 10.6 Å². The molecular weight excluding hydrogens is 420 g/mol. The maximum Gasteiger partial charge on any atom is 0.238 e. The van der Waals surface area contributed by atoms with Crippen LogP contribution in [-0.4, -0.2) is 13.4 Å². The molecular formula is C23H19ClN2O3S. The van der Waals surface area contributed by atoms with Gasteiger partial charge in [-0.1, -0.05) is 35.9 Å². The van der Waals surface area contributed by atoms with E-state index in [4.69, 9.17) is 16.0 Å². The van der Waals surface area contributed by atoms with E-state index < -0.39 is 9.84 Å². The molecule has 0 unspecified atom stereocenters. The number of hydrogen-bond acceptors (Lipinski definition) is 5. The molecule has 0 aliphatic rings. The number of rotatable bonds is 5. The Morgan fingerprint density at radius 1 is 0.900 bits per heavy atom. The number of aromatic nitrogens is 1. The summed E-state index contributed by atoms with van der Waals surface area (Å²) in [7, 11) is -3.94. The van der Waals surface area contributed by atoms with Crippen LogP contribution in [0.1, 0.15) is 11.1 Å². The van der Waals surface area contributed by atoms with Crippen molar-refractivity contribution >= 4 is 33.0 Å². The summed E-state index contributed by atoms with van der Waals surface area (Å²) in [5.74, 6) is 0.281. The molecule has 5 nitrogen and oxygen atoms in total. The lowest BCUT2D eigenvalue weighted by molar-refractivity contribution is 0.582. The molecule has 0 aliphatic carbocycles. The molecule has 0 amide bonds. The second-order valence-electron chi connectivity index (χ2n) is 6.98. The van der Waals surface area contributed by atoms with Crippen LogP contribution in [0.2, 0.25) is 5.02 Å². The van der Waals surface area contributed by atoms with Gasteiger partial charge in [0.1, 0.15) is 0 Å². The quantitative estimate of drug-likeness (QED) is 0.402. The summed E-state index contributed by atoms with van der Waals surface area (Å²) in [6.07, 6.45) is 0. The molecule has 0 saturated heterocycles. The van der Waals surface area contributed by atoms with E-state index in [1.165, 1.54) is 24.3 Å². The van der Waals surface area contributed by atoms with Gasteiger partial charge in [0.25, 0.3) is 0 Å². The number of nitrogens with one attached hydrogen (secondary N) is 1. The van der Waals surface area contributed by atoms with E-state index in [9.17, 15) is 8.42 Å². The first-order chi connectivity index (χ1) is 14.3. The van der Waals surface area contributed by atoms with Crippen LogP contribution in [0.3, 0.4) is 0 Å². The average molecular weight is 439 g/mol. The van der Waals surface area contributed by atoms with Crippen molar-refractivity contribution in [3.8, 4) is 11.5 Å². The van der Waals surface area contributed by atoms with Crippen molar-refractivity contribution in [2.75, 3.05) is 5.32 Å². The number of aryl methyl sites for hydroxylation is 2. The van der Waals surface area contributed by atoms with Crippen molar-refractivity contribution < 1.29 is 12.8 Å². The number of nitrogens with zero attached hydrogens (tertiary/aromatic N) is 1. The monoisotopic (exact) mass is 438 g/mol. The van der Waals surface area contributed by atoms with Crippen molar-refractivity contribution in [1.29, 1.82) is 0 Å². The predicted octanol–water partition coefficient (Wildman–Crippen LogP) is 6.19. The second kappa shape index (κ2) is 7.97. The number of sulfone groups is 1. The summed E-state index contributed by atoms with van der Waals surface area (Å²) in [6.45, 7) is 3.94. The first-order valence-electron chi connectivity index (χ1n) is 9.25. The summed E-state index contributed by atoms with van der Waals surface area (Å²) < 4.78 is 32.5. The molecule has 1 heterocycles. The van der Waals surface area contributed by atoms with Crippen LogP contribution in [0.4, 0.5) is 11.6 Å². The first-order valence-corrected chi connectivity index (χ1v) is 11.1. The topological polar surface area (TPSA) is 72.2 Å². The van der Waals surface area contributed by atoms with Crippen LogP contribution >= 0.6 is 11.6 Å². The number of hydrogen-bond donors (Lipinski definition) is 1. The summed E-state index contributed by atoms with van der Waals surface area (Å²) in [5.41, 5.74) is 3.49. The summed E-state index contributed by atoms with van der Waals surface area (Å²) >= 11 is 5.92. The van der Waals surface area contributed by atoms with Crippen LogP contribution in [0, 0.1) is 13.8 Å². The first kappa shape index (κ1) is 20.2. The molecule has 0 atom stereocenters. The third-order valence-corrected chi connectivity index (χ3v) is 6.41. The zero-order valence-electron chi connectivity index (χ0n) is 16.4. The number of halogens is 1. The fourth-order valence-electron chi connectivity index (χ4n) is 3.17. The zero-order chi connectivity index (χ0) is 21.3. The van der Waals surface area contributed by atoms with Gasteiger partial charge in [0, 0.05) is 16.3 Å². The maximum absolute atomic E-state index is 13.3. The van der Waals surface area contributed by atoms with Gasteiger partial charge >= 0.3 is 0 Å². The fraction of sp³-hybridized carbons (Fsp3) is 0.0870. The minimum absolute atomic E-state index is 0.0637. The van der Waals surface area contributed by atoms with Crippen LogP contribution in [0.15, 0.2) is 87.1 Å². The average Bonchev–Trinajstić information content (AvgIpc) is 3.13. The largest absolute Gasteiger partial charge is 0.419 e. The Hall–Kier alpha value is -3.09. The Labute approximate surface area is 180 Å². The second-order valence-corrected chi connectivity index (χ2v) is 9.28. The Morgan fingerprint density at radius 2 is 1.53 bits per heavy atom. The minimum atomic E-state index is -3.94. The van der Waals surface area contributed by atoms with Crippen LogP contribution in [0.25, 0.3) is 11.5 Å². The van der Waals surface area contributed by atoms with Crippen molar-refractivity contribution in [3.63, 3.8) is 0 Å². The molecule has 4 aromatic rings. The lowest BCUT2D eigenvalue weighted by atomic mass is 10.1. The minimum Gasteiger partial charge on any atom is -0.419 e. The molecule has 0 radical (unpaired) electrons. The zero-order valence-corrected chi connectivity index (χ0v) is 18.0. The van der Waals surface area contributed by atoms with Crippen LogP contribution < -0.4 is 5.32 Å². The lowest BCUT2D eigenvalue weighted by Crippen LogP contribution is -2.05. The Kier molecular flexibility index (Phi) is 5.37. The van der Waals surface area contributed by atoms with E-state index >= 15 is 0 Å². The molecule has 1 aromatic heterocycles. The molecule has 0 spiro atoms. The number of anilines is 2. The predicted molar refractivity (Wildman–Crippen MR) is 118 cm³/mol. The third kappa shape index (κ3) is 4.10. The molecule has 1 N–H and O–H groups in total. The van der Waals surface area contributed by atoms with Crippen LogP contribution in [0.5, 0.6) is 0 Å². The normalized spacial score (nSPS) is 11.4.